The summed E-state index contributed by atoms with van der Waals surface area (Å²) in [6, 6.07) is 13.7. The van der Waals surface area contributed by atoms with Gasteiger partial charge >= 0.3 is 0 Å². The van der Waals surface area contributed by atoms with E-state index < -0.39 is 10.8 Å². The van der Waals surface area contributed by atoms with Gasteiger partial charge in [0.1, 0.15) is 0 Å². The van der Waals surface area contributed by atoms with E-state index in [1.165, 1.54) is 23.8 Å². The molecule has 1 amide bonds. The molecule has 0 radical (unpaired) electrons. The Morgan fingerprint density at radius 3 is 2.61 bits per heavy atom. The molecule has 2 rings (SSSR count). The van der Waals surface area contributed by atoms with E-state index in [1.807, 2.05) is 37.3 Å². The fourth-order valence-corrected chi connectivity index (χ4v) is 2.41. The van der Waals surface area contributed by atoms with Crippen molar-refractivity contribution >= 4 is 23.2 Å². The van der Waals surface area contributed by atoms with Crippen LogP contribution in [0.15, 0.2) is 48.5 Å². The van der Waals surface area contributed by atoms with Crippen LogP contribution in [0.1, 0.15) is 29.3 Å². The fourth-order valence-electron chi connectivity index (χ4n) is 2.20. The predicted octanol–water partition coefficient (Wildman–Crippen LogP) is 4.00. The number of benzene rings is 2. The van der Waals surface area contributed by atoms with Crippen molar-refractivity contribution in [3.8, 4) is 0 Å². The van der Waals surface area contributed by atoms with Crippen molar-refractivity contribution in [2.45, 2.75) is 25.8 Å². The maximum Gasteiger partial charge on any atom is 0.270 e. The van der Waals surface area contributed by atoms with E-state index in [9.17, 15) is 14.9 Å². The van der Waals surface area contributed by atoms with Gasteiger partial charge in [-0.2, -0.15) is 0 Å². The monoisotopic (exact) mass is 332 g/mol. The molecule has 5 nitrogen and oxygen atoms in total. The third-order valence-corrected chi connectivity index (χ3v) is 3.82. The number of nitro benzene ring substituents is 1. The summed E-state index contributed by atoms with van der Waals surface area (Å²) in [7, 11) is 0. The minimum absolute atomic E-state index is 0.0713. The maximum atomic E-state index is 12.2. The first-order valence-electron chi connectivity index (χ1n) is 7.26. The molecule has 0 unspecified atom stereocenters. The summed E-state index contributed by atoms with van der Waals surface area (Å²) >= 11 is 5.97. The van der Waals surface area contributed by atoms with Crippen LogP contribution in [0.5, 0.6) is 0 Å². The first-order valence-corrected chi connectivity index (χ1v) is 7.64. The van der Waals surface area contributed by atoms with Crippen molar-refractivity contribution in [2.24, 2.45) is 0 Å². The van der Waals surface area contributed by atoms with Crippen LogP contribution in [-0.2, 0) is 6.42 Å². The average Bonchev–Trinajstić information content (AvgIpc) is 2.54. The average molecular weight is 333 g/mol. The third kappa shape index (κ3) is 4.79. The second-order valence-electron chi connectivity index (χ2n) is 5.32. The number of nitrogens with zero attached hydrogens (tertiary/aromatic N) is 1. The Kier molecular flexibility index (Phi) is 5.71. The van der Waals surface area contributed by atoms with Crippen molar-refractivity contribution in [2.75, 3.05) is 0 Å². The minimum atomic E-state index is -0.550. The third-order valence-electron chi connectivity index (χ3n) is 3.49. The highest BCUT2D eigenvalue weighted by Crippen LogP contribution is 2.22. The quantitative estimate of drug-likeness (QED) is 0.642. The highest BCUT2D eigenvalue weighted by Gasteiger charge is 2.17. The molecule has 6 heteroatoms. The molecular weight excluding hydrogens is 316 g/mol. The van der Waals surface area contributed by atoms with Gasteiger partial charge in [0.2, 0.25) is 0 Å². The highest BCUT2D eigenvalue weighted by atomic mass is 35.5. The normalized spacial score (nSPS) is 11.7. The summed E-state index contributed by atoms with van der Waals surface area (Å²) in [5.74, 6) is -0.403. The predicted molar refractivity (Wildman–Crippen MR) is 89.8 cm³/mol. The molecule has 0 aliphatic heterocycles. The van der Waals surface area contributed by atoms with Gasteiger partial charge in [-0.3, -0.25) is 14.9 Å². The fraction of sp³-hybridized carbons (Fsp3) is 0.235. The van der Waals surface area contributed by atoms with Gasteiger partial charge in [-0.25, -0.2) is 0 Å². The van der Waals surface area contributed by atoms with Crippen LogP contribution in [-0.4, -0.2) is 16.9 Å². The second-order valence-corrected chi connectivity index (χ2v) is 5.73. The van der Waals surface area contributed by atoms with Crippen LogP contribution < -0.4 is 5.32 Å². The number of carbonyl (C=O) groups is 1. The zero-order chi connectivity index (χ0) is 16.8. The van der Waals surface area contributed by atoms with E-state index in [0.29, 0.717) is 0 Å². The second kappa shape index (κ2) is 7.74. The molecule has 0 aliphatic carbocycles. The van der Waals surface area contributed by atoms with Crippen LogP contribution in [0.3, 0.4) is 0 Å². The molecule has 0 saturated heterocycles. The number of hydrogen-bond acceptors (Lipinski definition) is 3. The van der Waals surface area contributed by atoms with Crippen molar-refractivity contribution in [1.82, 2.24) is 5.32 Å². The Hall–Kier alpha value is -2.40. The van der Waals surface area contributed by atoms with Crippen LogP contribution in [0, 0.1) is 10.1 Å². The summed E-state index contributed by atoms with van der Waals surface area (Å²) in [6.07, 6.45) is 1.60. The van der Waals surface area contributed by atoms with Crippen LogP contribution >= 0.6 is 11.6 Å². The lowest BCUT2D eigenvalue weighted by Gasteiger charge is -2.14. The molecule has 1 atom stereocenters. The largest absolute Gasteiger partial charge is 0.350 e. The van der Waals surface area contributed by atoms with E-state index in [4.69, 9.17) is 11.6 Å². The molecule has 2 aromatic rings. The van der Waals surface area contributed by atoms with Gasteiger partial charge in [0.05, 0.1) is 15.5 Å². The Bertz CT molecular complexity index is 704. The van der Waals surface area contributed by atoms with Crippen molar-refractivity contribution in [3.05, 3.63) is 74.8 Å². The Balaban J connectivity index is 1.98. The number of aryl methyl sites for hydroxylation is 1. The summed E-state index contributed by atoms with van der Waals surface area (Å²) in [5.41, 5.74) is 1.16. The van der Waals surface area contributed by atoms with Crippen LogP contribution in [0.4, 0.5) is 5.69 Å². The lowest BCUT2D eigenvalue weighted by Crippen LogP contribution is -2.33. The van der Waals surface area contributed by atoms with Gasteiger partial charge in [0.15, 0.2) is 0 Å². The number of non-ortho nitro benzene ring substituents is 1. The zero-order valence-electron chi connectivity index (χ0n) is 12.7. The van der Waals surface area contributed by atoms with Gasteiger partial charge in [-0.05, 0) is 31.4 Å². The summed E-state index contributed by atoms with van der Waals surface area (Å²) in [4.78, 5) is 22.5. The van der Waals surface area contributed by atoms with Crippen LogP contribution in [0.25, 0.3) is 0 Å². The van der Waals surface area contributed by atoms with Gasteiger partial charge in [0, 0.05) is 18.2 Å². The lowest BCUT2D eigenvalue weighted by molar-refractivity contribution is -0.384. The smallest absolute Gasteiger partial charge is 0.270 e. The Morgan fingerprint density at radius 1 is 1.26 bits per heavy atom. The molecule has 23 heavy (non-hydrogen) atoms. The zero-order valence-corrected chi connectivity index (χ0v) is 13.4. The van der Waals surface area contributed by atoms with E-state index in [2.05, 4.69) is 5.32 Å². The number of nitro groups is 1. The number of rotatable bonds is 6. The van der Waals surface area contributed by atoms with E-state index >= 15 is 0 Å². The molecular formula is C17H17ClN2O3. The maximum absolute atomic E-state index is 12.2. The lowest BCUT2D eigenvalue weighted by atomic mass is 10.1. The summed E-state index contributed by atoms with van der Waals surface area (Å²) in [5, 5.41) is 13.8. The number of carbonyl (C=O) groups excluding carboxylic acids is 1. The molecule has 0 aliphatic rings. The highest BCUT2D eigenvalue weighted by molar-refractivity contribution is 6.33. The topological polar surface area (TPSA) is 72.2 Å². The molecule has 120 valence electrons. The molecule has 0 heterocycles. The van der Waals surface area contributed by atoms with E-state index in [-0.39, 0.29) is 22.3 Å². The van der Waals surface area contributed by atoms with E-state index in [1.54, 1.807) is 0 Å². The standard InChI is InChI=1S/C17H17ClN2O3/c1-12(7-8-13-5-3-2-4-6-13)19-17(21)15-11-14(20(22)23)9-10-16(15)18/h2-6,9-12H,7-8H2,1H3,(H,19,21)/t12-/m1/s1. The van der Waals surface area contributed by atoms with Gasteiger partial charge in [0.25, 0.3) is 11.6 Å². The van der Waals surface area contributed by atoms with Crippen molar-refractivity contribution < 1.29 is 9.72 Å². The molecule has 2 aromatic carbocycles. The SMILES string of the molecule is C[C@H](CCc1ccccc1)NC(=O)c1cc([N+](=O)[O-])ccc1Cl. The summed E-state index contributed by atoms with van der Waals surface area (Å²) < 4.78 is 0. The first kappa shape index (κ1) is 17.0. The number of hydrogen-bond donors (Lipinski definition) is 1. The van der Waals surface area contributed by atoms with Crippen LogP contribution in [0.2, 0.25) is 5.02 Å². The van der Waals surface area contributed by atoms with E-state index in [0.717, 1.165) is 12.8 Å². The summed E-state index contributed by atoms with van der Waals surface area (Å²) in [6.45, 7) is 1.89. The Morgan fingerprint density at radius 2 is 1.96 bits per heavy atom. The number of nitrogens with one attached hydrogen (secondary N) is 1. The molecule has 0 bridgehead atoms. The first-order chi connectivity index (χ1) is 11.0. The molecule has 1 N–H and O–H groups in total. The molecule has 0 spiro atoms. The molecule has 0 aromatic heterocycles. The molecule has 0 fully saturated rings. The minimum Gasteiger partial charge on any atom is -0.350 e. The number of halogens is 1. The van der Waals surface area contributed by atoms with Gasteiger partial charge in [-0.15, -0.1) is 0 Å². The van der Waals surface area contributed by atoms with Gasteiger partial charge < -0.3 is 5.32 Å². The Labute approximate surface area is 139 Å². The number of amides is 1. The van der Waals surface area contributed by atoms with Crippen molar-refractivity contribution in [1.29, 1.82) is 0 Å². The van der Waals surface area contributed by atoms with Gasteiger partial charge in [-0.1, -0.05) is 41.9 Å². The van der Waals surface area contributed by atoms with Crippen molar-refractivity contribution in [3.63, 3.8) is 0 Å². The molecule has 0 saturated carbocycles.